The molecule has 1 amide bonds. The highest BCUT2D eigenvalue weighted by Crippen LogP contribution is 2.30. The Kier molecular flexibility index (Phi) is 5.98. The van der Waals surface area contributed by atoms with E-state index in [2.05, 4.69) is 4.98 Å². The highest BCUT2D eigenvalue weighted by molar-refractivity contribution is 7.17. The number of thiophene rings is 1. The number of carbonyl (C=O) groups is 2. The number of amides is 1. The van der Waals surface area contributed by atoms with E-state index < -0.39 is 5.97 Å². The van der Waals surface area contributed by atoms with Gasteiger partial charge in [0.25, 0.3) is 5.56 Å². The molecule has 0 bridgehead atoms. The van der Waals surface area contributed by atoms with Gasteiger partial charge in [0.05, 0.1) is 18.1 Å². The molecule has 3 heterocycles. The van der Waals surface area contributed by atoms with Gasteiger partial charge in [0, 0.05) is 36.1 Å². The van der Waals surface area contributed by atoms with Crippen molar-refractivity contribution in [2.45, 2.75) is 32.7 Å². The van der Waals surface area contributed by atoms with Gasteiger partial charge in [-0.15, -0.1) is 11.3 Å². The van der Waals surface area contributed by atoms with Gasteiger partial charge >= 0.3 is 5.97 Å². The Hall–Kier alpha value is -3.78. The van der Waals surface area contributed by atoms with E-state index in [1.807, 2.05) is 36.6 Å². The first-order chi connectivity index (χ1) is 16.5. The Morgan fingerprint density at radius 1 is 1.09 bits per heavy atom. The molecule has 0 unspecified atom stereocenters. The fourth-order valence-corrected chi connectivity index (χ4v) is 4.99. The molecular weight excluding hydrogens is 450 g/mol. The van der Waals surface area contributed by atoms with Gasteiger partial charge in [-0.05, 0) is 43.2 Å². The van der Waals surface area contributed by atoms with Crippen molar-refractivity contribution in [3.8, 4) is 16.9 Å². The summed E-state index contributed by atoms with van der Waals surface area (Å²) < 4.78 is 6.88. The lowest BCUT2D eigenvalue weighted by atomic mass is 10.1. The number of aromatic nitrogens is 2. The van der Waals surface area contributed by atoms with Crippen LogP contribution >= 0.6 is 11.3 Å². The van der Waals surface area contributed by atoms with Crippen molar-refractivity contribution in [2.24, 2.45) is 0 Å². The summed E-state index contributed by atoms with van der Waals surface area (Å²) in [4.78, 5) is 44.3. The summed E-state index contributed by atoms with van der Waals surface area (Å²) in [5.41, 5.74) is 3.59. The van der Waals surface area contributed by atoms with Gasteiger partial charge in [0.15, 0.2) is 0 Å². The quantitative estimate of drug-likeness (QED) is 0.303. The lowest BCUT2D eigenvalue weighted by Crippen LogP contribution is -2.23. The van der Waals surface area contributed by atoms with Gasteiger partial charge in [0.2, 0.25) is 5.91 Å². The predicted molar refractivity (Wildman–Crippen MR) is 132 cm³/mol. The maximum absolute atomic E-state index is 13.2. The maximum atomic E-state index is 13.2. The van der Waals surface area contributed by atoms with Crippen molar-refractivity contribution in [1.29, 1.82) is 0 Å². The summed E-state index contributed by atoms with van der Waals surface area (Å²) in [6, 6.07) is 14.9. The molecule has 34 heavy (non-hydrogen) atoms. The molecule has 7 nitrogen and oxygen atoms in total. The van der Waals surface area contributed by atoms with Gasteiger partial charge in [0.1, 0.15) is 10.6 Å². The van der Waals surface area contributed by atoms with E-state index in [4.69, 9.17) is 4.74 Å². The molecular formula is C26H23N3O4S. The molecule has 0 saturated carbocycles. The zero-order valence-corrected chi connectivity index (χ0v) is 19.5. The molecule has 8 heteroatoms. The summed E-state index contributed by atoms with van der Waals surface area (Å²) in [5.74, 6) is 0.0683. The third-order valence-electron chi connectivity index (χ3n) is 5.93. The van der Waals surface area contributed by atoms with E-state index >= 15 is 0 Å². The largest absolute Gasteiger partial charge is 0.426 e. The number of anilines is 1. The second kappa shape index (κ2) is 9.23. The van der Waals surface area contributed by atoms with Gasteiger partial charge in [-0.25, -0.2) is 4.98 Å². The zero-order valence-electron chi connectivity index (χ0n) is 18.7. The monoisotopic (exact) mass is 473 g/mol. The van der Waals surface area contributed by atoms with E-state index in [-0.39, 0.29) is 24.4 Å². The van der Waals surface area contributed by atoms with E-state index in [1.165, 1.54) is 22.2 Å². The number of carbonyl (C=O) groups excluding carboxylic acids is 2. The van der Waals surface area contributed by atoms with Crippen LogP contribution in [0, 0.1) is 6.92 Å². The number of rotatable bonds is 6. The first kappa shape index (κ1) is 22.0. The Morgan fingerprint density at radius 3 is 2.56 bits per heavy atom. The second-order valence-electron chi connectivity index (χ2n) is 8.31. The van der Waals surface area contributed by atoms with Crippen LogP contribution in [0.2, 0.25) is 0 Å². The van der Waals surface area contributed by atoms with Crippen LogP contribution in [0.1, 0.15) is 24.8 Å². The van der Waals surface area contributed by atoms with Gasteiger partial charge in [-0.3, -0.25) is 19.0 Å². The van der Waals surface area contributed by atoms with Crippen LogP contribution in [0.15, 0.2) is 65.0 Å². The lowest BCUT2D eigenvalue weighted by molar-refractivity contribution is -0.134. The van der Waals surface area contributed by atoms with Crippen molar-refractivity contribution in [1.82, 2.24) is 9.55 Å². The first-order valence-corrected chi connectivity index (χ1v) is 12.0. The Bertz CT molecular complexity index is 1420. The number of benzene rings is 2. The molecule has 1 aliphatic rings. The smallest absolute Gasteiger partial charge is 0.312 e. The molecule has 1 fully saturated rings. The minimum absolute atomic E-state index is 0.0312. The maximum Gasteiger partial charge on any atom is 0.312 e. The molecule has 1 saturated heterocycles. The highest BCUT2D eigenvalue weighted by atomic mass is 32.1. The number of aryl methyl sites for hydroxylation is 2. The topological polar surface area (TPSA) is 81.5 Å². The van der Waals surface area contributed by atoms with Crippen LogP contribution in [-0.4, -0.2) is 28.0 Å². The number of hydrogen-bond donors (Lipinski definition) is 0. The molecule has 5 rings (SSSR count). The van der Waals surface area contributed by atoms with Crippen molar-refractivity contribution in [2.75, 3.05) is 11.4 Å². The van der Waals surface area contributed by atoms with Crippen LogP contribution in [0.5, 0.6) is 5.75 Å². The molecule has 172 valence electrons. The minimum atomic E-state index is -0.443. The SMILES string of the molecule is Cc1ccc(-c2csc3ncn(CCC(=O)Oc4ccc(N5CCCC5=O)cc4)c(=O)c23)cc1. The predicted octanol–water partition coefficient (Wildman–Crippen LogP) is 4.56. The molecule has 0 radical (unpaired) electrons. The molecule has 1 aliphatic heterocycles. The summed E-state index contributed by atoms with van der Waals surface area (Å²) in [5, 5.41) is 2.51. The average molecular weight is 474 g/mol. The molecule has 0 atom stereocenters. The molecule has 2 aromatic heterocycles. The number of nitrogens with zero attached hydrogens (tertiary/aromatic N) is 3. The highest BCUT2D eigenvalue weighted by Gasteiger charge is 2.21. The normalized spacial score (nSPS) is 13.6. The number of hydrogen-bond acceptors (Lipinski definition) is 6. The summed E-state index contributed by atoms with van der Waals surface area (Å²) in [6.07, 6.45) is 2.93. The number of ether oxygens (including phenoxy) is 1. The zero-order chi connectivity index (χ0) is 23.7. The molecule has 0 aliphatic carbocycles. The van der Waals surface area contributed by atoms with E-state index in [9.17, 15) is 14.4 Å². The Balaban J connectivity index is 1.27. The first-order valence-electron chi connectivity index (χ1n) is 11.1. The standard InChI is InChI=1S/C26H23N3O4S/c1-17-4-6-18(7-5-17)21-15-34-25-24(21)26(32)28(16-27-25)14-12-23(31)33-20-10-8-19(9-11-20)29-13-2-3-22(29)30/h4-11,15-16H,2-3,12-14H2,1H3. The van der Waals surface area contributed by atoms with Crippen LogP contribution < -0.4 is 15.2 Å². The van der Waals surface area contributed by atoms with Crippen LogP contribution in [-0.2, 0) is 16.1 Å². The van der Waals surface area contributed by atoms with E-state index in [0.717, 1.165) is 28.8 Å². The van der Waals surface area contributed by atoms with E-state index in [1.54, 1.807) is 29.2 Å². The van der Waals surface area contributed by atoms with Crippen molar-refractivity contribution >= 4 is 39.1 Å². The van der Waals surface area contributed by atoms with Crippen molar-refractivity contribution in [3.05, 3.63) is 76.2 Å². The molecule has 2 aromatic carbocycles. The third kappa shape index (κ3) is 4.36. The summed E-state index contributed by atoms with van der Waals surface area (Å²) >= 11 is 1.43. The number of esters is 1. The number of fused-ring (bicyclic) bond motifs is 1. The molecule has 0 N–H and O–H groups in total. The summed E-state index contributed by atoms with van der Waals surface area (Å²) in [6.45, 7) is 2.90. The minimum Gasteiger partial charge on any atom is -0.426 e. The van der Waals surface area contributed by atoms with Crippen molar-refractivity contribution in [3.63, 3.8) is 0 Å². The fraction of sp³-hybridized carbons (Fsp3) is 0.231. The average Bonchev–Trinajstić information content (AvgIpc) is 3.46. The van der Waals surface area contributed by atoms with Gasteiger partial charge < -0.3 is 9.64 Å². The van der Waals surface area contributed by atoms with Gasteiger partial charge in [-0.1, -0.05) is 29.8 Å². The van der Waals surface area contributed by atoms with Crippen LogP contribution in [0.3, 0.4) is 0 Å². The third-order valence-corrected chi connectivity index (χ3v) is 6.82. The fourth-order valence-electron chi connectivity index (χ4n) is 4.08. The Labute approximate surface area is 200 Å². The molecule has 4 aromatic rings. The van der Waals surface area contributed by atoms with Crippen LogP contribution in [0.25, 0.3) is 21.3 Å². The van der Waals surface area contributed by atoms with Gasteiger partial charge in [-0.2, -0.15) is 0 Å². The second-order valence-corrected chi connectivity index (χ2v) is 9.16. The lowest BCUT2D eigenvalue weighted by Gasteiger charge is -2.15. The molecule has 0 spiro atoms. The Morgan fingerprint density at radius 2 is 1.85 bits per heavy atom. The van der Waals surface area contributed by atoms with Crippen molar-refractivity contribution < 1.29 is 14.3 Å². The van der Waals surface area contributed by atoms with Crippen LogP contribution in [0.4, 0.5) is 5.69 Å². The summed E-state index contributed by atoms with van der Waals surface area (Å²) in [7, 11) is 0. The van der Waals surface area contributed by atoms with E-state index in [0.29, 0.717) is 28.9 Å².